The van der Waals surface area contributed by atoms with Gasteiger partial charge < -0.3 is 4.90 Å². The summed E-state index contributed by atoms with van der Waals surface area (Å²) >= 11 is 3.64. The first kappa shape index (κ1) is 11.9. The van der Waals surface area contributed by atoms with Crippen molar-refractivity contribution in [2.75, 3.05) is 11.9 Å². The van der Waals surface area contributed by atoms with Gasteiger partial charge in [0.1, 0.15) is 0 Å². The number of nitrogens with zero attached hydrogens (tertiary/aromatic N) is 2. The van der Waals surface area contributed by atoms with Crippen molar-refractivity contribution in [2.24, 2.45) is 0 Å². The second kappa shape index (κ2) is 5.17. The van der Waals surface area contributed by atoms with Gasteiger partial charge in [-0.2, -0.15) is 0 Å². The van der Waals surface area contributed by atoms with Crippen LogP contribution in [0.1, 0.15) is 37.8 Å². The van der Waals surface area contributed by atoms with Crippen molar-refractivity contribution >= 4 is 21.6 Å². The summed E-state index contributed by atoms with van der Waals surface area (Å²) in [4.78, 5) is 6.71. The molecule has 0 atom stereocenters. The molecule has 2 rings (SSSR count). The van der Waals surface area contributed by atoms with Crippen molar-refractivity contribution in [3.63, 3.8) is 0 Å². The largest absolute Gasteiger partial charge is 0.371 e. The molecule has 88 valence electrons. The fraction of sp³-hybridized carbons (Fsp3) is 0.615. The average Bonchev–Trinajstić information content (AvgIpc) is 2.33. The SMILES string of the molecule is Cc1nccc(N(C)C2CCCCC2)c1Br. The fourth-order valence-electron chi connectivity index (χ4n) is 2.47. The quantitative estimate of drug-likeness (QED) is 0.817. The predicted molar refractivity (Wildman–Crippen MR) is 72.0 cm³/mol. The van der Waals surface area contributed by atoms with Gasteiger partial charge in [-0.3, -0.25) is 4.98 Å². The highest BCUT2D eigenvalue weighted by Crippen LogP contribution is 2.32. The van der Waals surface area contributed by atoms with Crippen LogP contribution in [0.2, 0.25) is 0 Å². The number of aryl methyl sites for hydroxylation is 1. The van der Waals surface area contributed by atoms with Crippen molar-refractivity contribution in [1.82, 2.24) is 4.98 Å². The summed E-state index contributed by atoms with van der Waals surface area (Å²) in [7, 11) is 2.20. The Hall–Kier alpha value is -0.570. The van der Waals surface area contributed by atoms with E-state index in [4.69, 9.17) is 0 Å². The smallest absolute Gasteiger partial charge is 0.0621 e. The lowest BCUT2D eigenvalue weighted by Gasteiger charge is -2.33. The average molecular weight is 283 g/mol. The molecule has 0 aliphatic heterocycles. The number of halogens is 1. The molecule has 2 nitrogen and oxygen atoms in total. The maximum Gasteiger partial charge on any atom is 0.0621 e. The van der Waals surface area contributed by atoms with Crippen LogP contribution in [-0.2, 0) is 0 Å². The highest BCUT2D eigenvalue weighted by Gasteiger charge is 2.20. The van der Waals surface area contributed by atoms with Gasteiger partial charge in [0.2, 0.25) is 0 Å². The lowest BCUT2D eigenvalue weighted by Crippen LogP contribution is -2.33. The van der Waals surface area contributed by atoms with E-state index in [0.717, 1.165) is 10.2 Å². The van der Waals surface area contributed by atoms with Gasteiger partial charge in [-0.15, -0.1) is 0 Å². The first-order valence-electron chi connectivity index (χ1n) is 6.04. The standard InChI is InChI=1S/C13H19BrN2/c1-10-13(14)12(8-9-15-10)16(2)11-6-4-3-5-7-11/h8-9,11H,3-7H2,1-2H3. The Morgan fingerprint density at radius 3 is 2.69 bits per heavy atom. The molecule has 1 aliphatic carbocycles. The molecule has 1 heterocycles. The molecule has 0 aromatic carbocycles. The molecule has 1 saturated carbocycles. The number of pyridine rings is 1. The Bertz CT molecular complexity index is 359. The molecule has 0 amide bonds. The molecule has 0 radical (unpaired) electrons. The van der Waals surface area contributed by atoms with E-state index in [1.54, 1.807) is 0 Å². The predicted octanol–water partition coefficient (Wildman–Crippen LogP) is 3.92. The zero-order chi connectivity index (χ0) is 11.5. The van der Waals surface area contributed by atoms with E-state index >= 15 is 0 Å². The van der Waals surface area contributed by atoms with E-state index in [9.17, 15) is 0 Å². The van der Waals surface area contributed by atoms with Crippen LogP contribution in [0.4, 0.5) is 5.69 Å². The number of aromatic nitrogens is 1. The molecule has 1 aliphatic rings. The van der Waals surface area contributed by atoms with Crippen molar-refractivity contribution in [3.8, 4) is 0 Å². The summed E-state index contributed by atoms with van der Waals surface area (Å²) in [6, 6.07) is 2.80. The summed E-state index contributed by atoms with van der Waals surface area (Å²) in [5.41, 5.74) is 2.35. The van der Waals surface area contributed by atoms with Crippen LogP contribution < -0.4 is 4.90 Å². The maximum atomic E-state index is 4.29. The number of rotatable bonds is 2. The first-order chi connectivity index (χ1) is 7.70. The van der Waals surface area contributed by atoms with Gasteiger partial charge in [-0.1, -0.05) is 19.3 Å². The normalized spacial score (nSPS) is 17.4. The Kier molecular flexibility index (Phi) is 3.85. The van der Waals surface area contributed by atoms with Crippen molar-refractivity contribution in [1.29, 1.82) is 0 Å². The highest BCUT2D eigenvalue weighted by atomic mass is 79.9. The van der Waals surface area contributed by atoms with E-state index in [-0.39, 0.29) is 0 Å². The highest BCUT2D eigenvalue weighted by molar-refractivity contribution is 9.10. The second-order valence-corrected chi connectivity index (χ2v) is 5.43. The third kappa shape index (κ3) is 2.40. The van der Waals surface area contributed by atoms with E-state index in [1.165, 1.54) is 37.8 Å². The van der Waals surface area contributed by atoms with Crippen LogP contribution >= 0.6 is 15.9 Å². The van der Waals surface area contributed by atoms with E-state index in [2.05, 4.69) is 38.9 Å². The minimum absolute atomic E-state index is 0.701. The Morgan fingerprint density at radius 2 is 2.00 bits per heavy atom. The molecule has 0 unspecified atom stereocenters. The third-order valence-electron chi connectivity index (χ3n) is 3.55. The van der Waals surface area contributed by atoms with Crippen LogP contribution in [0.25, 0.3) is 0 Å². The van der Waals surface area contributed by atoms with Crippen LogP contribution in [0.15, 0.2) is 16.7 Å². The van der Waals surface area contributed by atoms with E-state index in [0.29, 0.717) is 6.04 Å². The lowest BCUT2D eigenvalue weighted by atomic mass is 9.94. The third-order valence-corrected chi connectivity index (χ3v) is 4.53. The van der Waals surface area contributed by atoms with Crippen LogP contribution in [0.5, 0.6) is 0 Å². The molecular weight excluding hydrogens is 264 g/mol. The van der Waals surface area contributed by atoms with Crippen molar-refractivity contribution in [3.05, 3.63) is 22.4 Å². The molecule has 0 saturated heterocycles. The molecule has 3 heteroatoms. The summed E-state index contributed by atoms with van der Waals surface area (Å²) < 4.78 is 1.14. The Balaban J connectivity index is 2.19. The van der Waals surface area contributed by atoms with Crippen LogP contribution in [0.3, 0.4) is 0 Å². The number of anilines is 1. The van der Waals surface area contributed by atoms with Crippen molar-refractivity contribution < 1.29 is 0 Å². The monoisotopic (exact) mass is 282 g/mol. The second-order valence-electron chi connectivity index (χ2n) is 4.63. The van der Waals surface area contributed by atoms with Gasteiger partial charge >= 0.3 is 0 Å². The van der Waals surface area contributed by atoms with Gasteiger partial charge in [0.05, 0.1) is 15.9 Å². The summed E-state index contributed by atoms with van der Waals surface area (Å²) in [5.74, 6) is 0. The fourth-order valence-corrected chi connectivity index (χ4v) is 2.99. The van der Waals surface area contributed by atoms with E-state index < -0.39 is 0 Å². The molecule has 16 heavy (non-hydrogen) atoms. The van der Waals surface area contributed by atoms with Gasteiger partial charge in [0.15, 0.2) is 0 Å². The molecule has 1 fully saturated rings. The first-order valence-corrected chi connectivity index (χ1v) is 6.83. The van der Waals surface area contributed by atoms with Crippen molar-refractivity contribution in [2.45, 2.75) is 45.1 Å². The van der Waals surface area contributed by atoms with Crippen LogP contribution in [0, 0.1) is 6.92 Å². The topological polar surface area (TPSA) is 16.1 Å². The number of hydrogen-bond donors (Lipinski definition) is 0. The molecule has 1 aromatic heterocycles. The molecule has 1 aromatic rings. The van der Waals surface area contributed by atoms with Gasteiger partial charge in [0.25, 0.3) is 0 Å². The van der Waals surface area contributed by atoms with E-state index in [1.807, 2.05) is 13.1 Å². The molecular formula is C13H19BrN2. The number of hydrogen-bond acceptors (Lipinski definition) is 2. The summed E-state index contributed by atoms with van der Waals surface area (Å²) in [6.45, 7) is 2.04. The Morgan fingerprint density at radius 1 is 1.31 bits per heavy atom. The van der Waals surface area contributed by atoms with Gasteiger partial charge in [-0.25, -0.2) is 0 Å². The molecule has 0 bridgehead atoms. The minimum atomic E-state index is 0.701. The molecule has 0 spiro atoms. The lowest BCUT2D eigenvalue weighted by molar-refractivity contribution is 0.427. The van der Waals surface area contributed by atoms with Crippen LogP contribution in [-0.4, -0.2) is 18.1 Å². The summed E-state index contributed by atoms with van der Waals surface area (Å²) in [6.07, 6.45) is 8.69. The maximum absolute atomic E-state index is 4.29. The van der Waals surface area contributed by atoms with Gasteiger partial charge in [-0.05, 0) is 41.8 Å². The minimum Gasteiger partial charge on any atom is -0.371 e. The van der Waals surface area contributed by atoms with Gasteiger partial charge in [0, 0.05) is 19.3 Å². The Labute approximate surface area is 106 Å². The zero-order valence-corrected chi connectivity index (χ0v) is 11.6. The molecule has 0 N–H and O–H groups in total. The summed E-state index contributed by atoms with van der Waals surface area (Å²) in [5, 5.41) is 0. The zero-order valence-electron chi connectivity index (χ0n) is 10.0.